The van der Waals surface area contributed by atoms with Gasteiger partial charge in [0.1, 0.15) is 0 Å². The SMILES string of the molecule is CC1CCC(O[Si](C)(C)c2c(F)c(F)c(F)c(F)c2F)CC1. The maximum atomic E-state index is 13.9. The molecule has 1 nitrogen and oxygen atoms in total. The van der Waals surface area contributed by atoms with Crippen molar-refractivity contribution in [1.82, 2.24) is 0 Å². The Morgan fingerprint density at radius 3 is 1.64 bits per heavy atom. The van der Waals surface area contributed by atoms with Gasteiger partial charge in [0.05, 0.1) is 0 Å². The van der Waals surface area contributed by atoms with Gasteiger partial charge in [0, 0.05) is 11.3 Å². The first-order chi connectivity index (χ1) is 10.1. The third-order valence-corrected chi connectivity index (χ3v) is 6.80. The van der Waals surface area contributed by atoms with Crippen LogP contribution in [-0.2, 0) is 4.43 Å². The predicted octanol–water partition coefficient (Wildman–Crippen LogP) is 4.39. The molecule has 0 heterocycles. The van der Waals surface area contributed by atoms with Crippen LogP contribution in [0.4, 0.5) is 22.0 Å². The van der Waals surface area contributed by atoms with E-state index in [1.165, 1.54) is 13.1 Å². The molecule has 1 fully saturated rings. The van der Waals surface area contributed by atoms with Crippen LogP contribution in [0.3, 0.4) is 0 Å². The minimum Gasteiger partial charge on any atom is -0.410 e. The van der Waals surface area contributed by atoms with Crippen molar-refractivity contribution in [2.45, 2.75) is 51.8 Å². The fraction of sp³-hybridized carbons (Fsp3) is 0.600. The normalized spacial score (nSPS) is 22.9. The Kier molecular flexibility index (Phi) is 4.96. The lowest BCUT2D eigenvalue weighted by Gasteiger charge is -2.34. The molecule has 1 aliphatic carbocycles. The lowest BCUT2D eigenvalue weighted by Crippen LogP contribution is -2.52. The van der Waals surface area contributed by atoms with Crippen molar-refractivity contribution >= 4 is 13.5 Å². The van der Waals surface area contributed by atoms with Crippen molar-refractivity contribution in [3.63, 3.8) is 0 Å². The number of hydrogen-bond donors (Lipinski definition) is 0. The summed E-state index contributed by atoms with van der Waals surface area (Å²) in [6, 6.07) is 0. The van der Waals surface area contributed by atoms with Gasteiger partial charge < -0.3 is 4.43 Å². The summed E-state index contributed by atoms with van der Waals surface area (Å²) in [6.45, 7) is 5.04. The molecule has 22 heavy (non-hydrogen) atoms. The maximum Gasteiger partial charge on any atom is 0.225 e. The molecule has 0 unspecified atom stereocenters. The minimum atomic E-state index is -3.26. The van der Waals surface area contributed by atoms with E-state index in [0.717, 1.165) is 25.7 Å². The van der Waals surface area contributed by atoms with E-state index in [2.05, 4.69) is 6.92 Å². The molecule has 0 aliphatic heterocycles. The van der Waals surface area contributed by atoms with Gasteiger partial charge in [0.2, 0.25) is 14.1 Å². The zero-order valence-corrected chi connectivity index (χ0v) is 13.8. The number of hydrogen-bond acceptors (Lipinski definition) is 1. The van der Waals surface area contributed by atoms with Gasteiger partial charge >= 0.3 is 0 Å². The molecule has 1 saturated carbocycles. The van der Waals surface area contributed by atoms with Crippen molar-refractivity contribution in [3.05, 3.63) is 29.1 Å². The summed E-state index contributed by atoms with van der Waals surface area (Å²) in [5.41, 5.74) is 0. The second-order valence-electron chi connectivity index (χ2n) is 6.45. The summed E-state index contributed by atoms with van der Waals surface area (Å²) in [6.07, 6.45) is 3.17. The Morgan fingerprint density at radius 2 is 1.18 bits per heavy atom. The molecule has 0 amide bonds. The Morgan fingerprint density at radius 1 is 0.773 bits per heavy atom. The van der Waals surface area contributed by atoms with Gasteiger partial charge in [0.15, 0.2) is 23.3 Å². The largest absolute Gasteiger partial charge is 0.410 e. The topological polar surface area (TPSA) is 9.23 Å². The Balaban J connectivity index is 2.33. The highest BCUT2D eigenvalue weighted by molar-refractivity contribution is 6.84. The number of rotatable bonds is 3. The van der Waals surface area contributed by atoms with Crippen LogP contribution in [0.15, 0.2) is 0 Å². The average molecular weight is 338 g/mol. The first-order valence-corrected chi connectivity index (χ1v) is 10.3. The molecule has 0 bridgehead atoms. The zero-order valence-electron chi connectivity index (χ0n) is 12.8. The highest BCUT2D eigenvalue weighted by Crippen LogP contribution is 2.29. The van der Waals surface area contributed by atoms with Crippen LogP contribution in [0.25, 0.3) is 0 Å². The molecular formula is C15H19F5OSi. The van der Waals surface area contributed by atoms with Gasteiger partial charge in [0.25, 0.3) is 0 Å². The summed E-state index contributed by atoms with van der Waals surface area (Å²) in [4.78, 5) is 0. The molecule has 2 rings (SSSR count). The van der Waals surface area contributed by atoms with Crippen molar-refractivity contribution < 1.29 is 26.4 Å². The fourth-order valence-electron chi connectivity index (χ4n) is 2.96. The van der Waals surface area contributed by atoms with Crippen molar-refractivity contribution in [2.75, 3.05) is 0 Å². The number of halogens is 5. The molecule has 1 aromatic carbocycles. The van der Waals surface area contributed by atoms with Crippen LogP contribution in [-0.4, -0.2) is 14.4 Å². The molecule has 0 spiro atoms. The van der Waals surface area contributed by atoms with E-state index in [9.17, 15) is 22.0 Å². The molecule has 0 saturated heterocycles. The van der Waals surface area contributed by atoms with Crippen LogP contribution in [0, 0.1) is 35.0 Å². The second-order valence-corrected chi connectivity index (χ2v) is 10.2. The Hall–Kier alpha value is -0.953. The second kappa shape index (κ2) is 6.27. The molecule has 124 valence electrons. The third kappa shape index (κ3) is 3.20. The summed E-state index contributed by atoms with van der Waals surface area (Å²) in [7, 11) is -3.26. The van der Waals surface area contributed by atoms with E-state index in [1.54, 1.807) is 0 Å². The minimum absolute atomic E-state index is 0.187. The van der Waals surface area contributed by atoms with Crippen LogP contribution >= 0.6 is 0 Å². The first kappa shape index (κ1) is 17.4. The lowest BCUT2D eigenvalue weighted by molar-refractivity contribution is 0.130. The summed E-state index contributed by atoms with van der Waals surface area (Å²) >= 11 is 0. The van der Waals surface area contributed by atoms with E-state index >= 15 is 0 Å². The van der Waals surface area contributed by atoms with E-state index in [-0.39, 0.29) is 6.10 Å². The standard InChI is InChI=1S/C15H19F5OSi/c1-8-4-6-9(7-5-8)21-22(2,3)15-13(19)11(17)10(16)12(18)14(15)20/h8-9H,4-7H2,1-3H3. The van der Waals surface area contributed by atoms with Crippen LogP contribution in [0.1, 0.15) is 32.6 Å². The summed E-state index contributed by atoms with van der Waals surface area (Å²) in [5.74, 6) is -8.91. The van der Waals surface area contributed by atoms with Gasteiger partial charge in [-0.05, 0) is 44.7 Å². The smallest absolute Gasteiger partial charge is 0.225 e. The first-order valence-electron chi connectivity index (χ1n) is 7.35. The van der Waals surface area contributed by atoms with Crippen LogP contribution in [0.2, 0.25) is 13.1 Å². The molecule has 0 atom stereocenters. The molecule has 1 aromatic rings. The quantitative estimate of drug-likeness (QED) is 0.344. The average Bonchev–Trinajstić information content (AvgIpc) is 2.45. The van der Waals surface area contributed by atoms with Crippen molar-refractivity contribution in [3.8, 4) is 0 Å². The third-order valence-electron chi connectivity index (χ3n) is 4.24. The van der Waals surface area contributed by atoms with E-state index in [0.29, 0.717) is 5.92 Å². The van der Waals surface area contributed by atoms with E-state index in [1.807, 2.05) is 0 Å². The van der Waals surface area contributed by atoms with Crippen molar-refractivity contribution in [2.24, 2.45) is 5.92 Å². The Bertz CT molecular complexity index is 539. The van der Waals surface area contributed by atoms with Gasteiger partial charge in [-0.2, -0.15) is 0 Å². The molecule has 1 aliphatic rings. The van der Waals surface area contributed by atoms with Gasteiger partial charge in [-0.1, -0.05) is 6.92 Å². The van der Waals surface area contributed by atoms with Gasteiger partial charge in [-0.15, -0.1) is 0 Å². The lowest BCUT2D eigenvalue weighted by atomic mass is 9.89. The van der Waals surface area contributed by atoms with Crippen LogP contribution < -0.4 is 5.19 Å². The highest BCUT2D eigenvalue weighted by Gasteiger charge is 2.39. The number of benzene rings is 1. The predicted molar refractivity (Wildman–Crippen MR) is 75.9 cm³/mol. The van der Waals surface area contributed by atoms with E-state index in [4.69, 9.17) is 4.43 Å². The monoisotopic (exact) mass is 338 g/mol. The molecule has 0 N–H and O–H groups in total. The molecule has 7 heteroatoms. The van der Waals surface area contributed by atoms with Crippen LogP contribution in [0.5, 0.6) is 0 Å². The summed E-state index contributed by atoms with van der Waals surface area (Å²) < 4.78 is 73.6. The van der Waals surface area contributed by atoms with E-state index < -0.39 is 42.6 Å². The van der Waals surface area contributed by atoms with Gasteiger partial charge in [-0.3, -0.25) is 0 Å². The highest BCUT2D eigenvalue weighted by atomic mass is 28.4. The molecule has 0 radical (unpaired) electrons. The molecular weight excluding hydrogens is 319 g/mol. The molecule has 0 aromatic heterocycles. The zero-order chi connectivity index (χ0) is 16.7. The Labute approximate surface area is 127 Å². The summed E-state index contributed by atoms with van der Waals surface area (Å²) in [5, 5.41) is -0.775. The van der Waals surface area contributed by atoms with Gasteiger partial charge in [-0.25, -0.2) is 22.0 Å². The fourth-order valence-corrected chi connectivity index (χ4v) is 5.42. The van der Waals surface area contributed by atoms with Crippen molar-refractivity contribution in [1.29, 1.82) is 0 Å². The maximum absolute atomic E-state index is 13.9.